The highest BCUT2D eigenvalue weighted by Gasteiger charge is 2.28. The lowest BCUT2D eigenvalue weighted by atomic mass is 10.3. The third kappa shape index (κ3) is 4.18. The van der Waals surface area contributed by atoms with Crippen molar-refractivity contribution in [1.82, 2.24) is 9.21 Å². The smallest absolute Gasteiger partial charge is 0.243 e. The zero-order valence-electron chi connectivity index (χ0n) is 13.7. The van der Waals surface area contributed by atoms with Gasteiger partial charge < -0.3 is 14.4 Å². The molecule has 0 N–H and O–H groups in total. The molecule has 1 amide bonds. The van der Waals surface area contributed by atoms with Crippen molar-refractivity contribution in [3.8, 4) is 5.75 Å². The lowest BCUT2D eigenvalue weighted by Crippen LogP contribution is -2.47. The molecule has 0 radical (unpaired) electrons. The van der Waals surface area contributed by atoms with E-state index in [0.29, 0.717) is 32.1 Å². The summed E-state index contributed by atoms with van der Waals surface area (Å²) in [5.74, 6) is 0.159. The maximum Gasteiger partial charge on any atom is 0.243 e. The van der Waals surface area contributed by atoms with Gasteiger partial charge in [-0.15, -0.1) is 0 Å². The second-order valence-electron chi connectivity index (χ2n) is 5.22. The highest BCUT2D eigenvalue weighted by molar-refractivity contribution is 7.89. The number of nitrogens with zero attached hydrogens (tertiary/aromatic N) is 2. The molecule has 1 aromatic rings. The first-order valence-electron chi connectivity index (χ1n) is 7.59. The van der Waals surface area contributed by atoms with E-state index in [-0.39, 0.29) is 28.9 Å². The van der Waals surface area contributed by atoms with Crippen LogP contribution in [0.3, 0.4) is 0 Å². The molecule has 0 spiro atoms. The molecule has 1 fully saturated rings. The summed E-state index contributed by atoms with van der Waals surface area (Å²) in [6.45, 7) is 3.56. The monoisotopic (exact) mass is 376 g/mol. The first-order chi connectivity index (χ1) is 11.4. The lowest BCUT2D eigenvalue weighted by molar-refractivity contribution is -0.135. The van der Waals surface area contributed by atoms with Crippen molar-refractivity contribution >= 4 is 27.5 Å². The number of carbonyl (C=O) groups is 1. The van der Waals surface area contributed by atoms with Gasteiger partial charge in [0.2, 0.25) is 15.9 Å². The standard InChI is InChI=1S/C15H21ClN2O5S/c1-3-18(11-15(19)17-6-8-23-9-7-17)24(20,21)12-4-5-14(22-2)13(16)10-12/h4-5,10H,3,6-9,11H2,1-2H3. The Morgan fingerprint density at radius 1 is 1.38 bits per heavy atom. The van der Waals surface area contributed by atoms with Crippen LogP contribution in [0.15, 0.2) is 23.1 Å². The second-order valence-corrected chi connectivity index (χ2v) is 7.57. The Labute approximate surface area is 147 Å². The van der Waals surface area contributed by atoms with E-state index in [1.807, 2.05) is 0 Å². The number of halogens is 1. The van der Waals surface area contributed by atoms with Crippen molar-refractivity contribution in [2.45, 2.75) is 11.8 Å². The normalized spacial score (nSPS) is 15.6. The average Bonchev–Trinajstić information content (AvgIpc) is 2.59. The summed E-state index contributed by atoms with van der Waals surface area (Å²) < 4.78 is 36.9. The Kier molecular flexibility index (Phi) is 6.45. The van der Waals surface area contributed by atoms with Crippen LogP contribution in [0.25, 0.3) is 0 Å². The summed E-state index contributed by atoms with van der Waals surface area (Å²) in [4.78, 5) is 14.0. The number of likely N-dealkylation sites (N-methyl/N-ethyl adjacent to an activating group) is 1. The van der Waals surface area contributed by atoms with Crippen molar-refractivity contribution in [1.29, 1.82) is 0 Å². The van der Waals surface area contributed by atoms with Crippen molar-refractivity contribution < 1.29 is 22.7 Å². The Morgan fingerprint density at radius 3 is 2.58 bits per heavy atom. The maximum atomic E-state index is 12.8. The van der Waals surface area contributed by atoms with Crippen LogP contribution in [0, 0.1) is 0 Å². The number of rotatable bonds is 6. The second kappa shape index (κ2) is 8.15. The van der Waals surface area contributed by atoms with Crippen LogP contribution in [0.5, 0.6) is 5.75 Å². The molecule has 9 heteroatoms. The lowest BCUT2D eigenvalue weighted by Gasteiger charge is -2.29. The van der Waals surface area contributed by atoms with Gasteiger partial charge in [-0.3, -0.25) is 4.79 Å². The van der Waals surface area contributed by atoms with E-state index >= 15 is 0 Å². The largest absolute Gasteiger partial charge is 0.495 e. The highest BCUT2D eigenvalue weighted by Crippen LogP contribution is 2.28. The van der Waals surface area contributed by atoms with Crippen LogP contribution in [0.1, 0.15) is 6.92 Å². The Balaban J connectivity index is 2.18. The number of benzene rings is 1. The zero-order chi connectivity index (χ0) is 17.7. The summed E-state index contributed by atoms with van der Waals surface area (Å²) in [6, 6.07) is 4.24. The maximum absolute atomic E-state index is 12.8. The number of carbonyl (C=O) groups excluding carboxylic acids is 1. The molecule has 2 rings (SSSR count). The van der Waals surface area contributed by atoms with E-state index in [1.165, 1.54) is 25.3 Å². The van der Waals surface area contributed by atoms with Crippen LogP contribution in [0.4, 0.5) is 0 Å². The quantitative estimate of drug-likeness (QED) is 0.746. The molecule has 0 atom stereocenters. The van der Waals surface area contributed by atoms with E-state index in [0.717, 1.165) is 4.31 Å². The van der Waals surface area contributed by atoms with Crippen LogP contribution in [-0.2, 0) is 19.6 Å². The number of methoxy groups -OCH3 is 1. The zero-order valence-corrected chi connectivity index (χ0v) is 15.3. The van der Waals surface area contributed by atoms with Gasteiger partial charge in [0, 0.05) is 19.6 Å². The minimum atomic E-state index is -3.82. The number of hydrogen-bond donors (Lipinski definition) is 0. The first-order valence-corrected chi connectivity index (χ1v) is 9.41. The molecule has 1 heterocycles. The van der Waals surface area contributed by atoms with Crippen molar-refractivity contribution in [2.24, 2.45) is 0 Å². The van der Waals surface area contributed by atoms with E-state index in [4.69, 9.17) is 21.1 Å². The molecule has 0 saturated carbocycles. The van der Waals surface area contributed by atoms with E-state index in [2.05, 4.69) is 0 Å². The fourth-order valence-electron chi connectivity index (χ4n) is 2.39. The van der Waals surface area contributed by atoms with Gasteiger partial charge in [-0.2, -0.15) is 4.31 Å². The van der Waals surface area contributed by atoms with Crippen LogP contribution >= 0.6 is 11.6 Å². The Hall–Kier alpha value is -1.35. The van der Waals surface area contributed by atoms with Crippen molar-refractivity contribution in [3.63, 3.8) is 0 Å². The van der Waals surface area contributed by atoms with Crippen molar-refractivity contribution in [3.05, 3.63) is 23.2 Å². The van der Waals surface area contributed by atoms with E-state index in [9.17, 15) is 13.2 Å². The number of sulfonamides is 1. The van der Waals surface area contributed by atoms with Crippen LogP contribution in [0.2, 0.25) is 5.02 Å². The summed E-state index contributed by atoms with van der Waals surface area (Å²) in [7, 11) is -2.36. The Morgan fingerprint density at radius 2 is 2.04 bits per heavy atom. The topological polar surface area (TPSA) is 76.2 Å². The molecule has 0 aliphatic carbocycles. The third-order valence-electron chi connectivity index (χ3n) is 3.79. The predicted molar refractivity (Wildman–Crippen MR) is 89.8 cm³/mol. The number of hydrogen-bond acceptors (Lipinski definition) is 5. The minimum Gasteiger partial charge on any atom is -0.495 e. The summed E-state index contributed by atoms with van der Waals surface area (Å²) in [5, 5.41) is 0.203. The number of amides is 1. The predicted octanol–water partition coefficient (Wildman–Crippen LogP) is 1.22. The molecule has 0 unspecified atom stereocenters. The summed E-state index contributed by atoms with van der Waals surface area (Å²) in [5.41, 5.74) is 0. The highest BCUT2D eigenvalue weighted by atomic mass is 35.5. The van der Waals surface area contributed by atoms with Gasteiger partial charge in [0.15, 0.2) is 0 Å². The first kappa shape index (κ1) is 19.0. The number of morpholine rings is 1. The van der Waals surface area contributed by atoms with Crippen molar-refractivity contribution in [2.75, 3.05) is 46.5 Å². The molecule has 0 aromatic heterocycles. The summed E-state index contributed by atoms with van der Waals surface area (Å²) >= 11 is 6.01. The van der Waals surface area contributed by atoms with Gasteiger partial charge in [-0.25, -0.2) is 8.42 Å². The molecule has 1 aliphatic rings. The minimum absolute atomic E-state index is 0.0323. The van der Waals surface area contributed by atoms with Gasteiger partial charge in [-0.1, -0.05) is 18.5 Å². The molecular formula is C15H21ClN2O5S. The van der Waals surface area contributed by atoms with Gasteiger partial charge in [0.05, 0.1) is 36.8 Å². The van der Waals surface area contributed by atoms with Gasteiger partial charge in [0.1, 0.15) is 5.75 Å². The summed E-state index contributed by atoms with van der Waals surface area (Å²) in [6.07, 6.45) is 0. The fourth-order valence-corrected chi connectivity index (χ4v) is 4.13. The molecule has 1 aliphatic heterocycles. The molecular weight excluding hydrogens is 356 g/mol. The molecule has 0 bridgehead atoms. The molecule has 24 heavy (non-hydrogen) atoms. The van der Waals surface area contributed by atoms with Gasteiger partial charge in [-0.05, 0) is 18.2 Å². The molecule has 134 valence electrons. The SMILES string of the molecule is CCN(CC(=O)N1CCOCC1)S(=O)(=O)c1ccc(OC)c(Cl)c1. The number of ether oxygens (including phenoxy) is 2. The molecule has 7 nitrogen and oxygen atoms in total. The van der Waals surface area contributed by atoms with E-state index < -0.39 is 10.0 Å². The average molecular weight is 377 g/mol. The molecule has 1 aromatic carbocycles. The fraction of sp³-hybridized carbons (Fsp3) is 0.533. The van der Waals surface area contributed by atoms with Crippen LogP contribution in [-0.4, -0.2) is 70.0 Å². The van der Waals surface area contributed by atoms with E-state index in [1.54, 1.807) is 11.8 Å². The molecule has 1 saturated heterocycles. The third-order valence-corrected chi connectivity index (χ3v) is 6.00. The Bertz CT molecular complexity index is 689. The van der Waals surface area contributed by atoms with Crippen LogP contribution < -0.4 is 4.74 Å². The van der Waals surface area contributed by atoms with Gasteiger partial charge in [0.25, 0.3) is 0 Å². The van der Waals surface area contributed by atoms with Gasteiger partial charge >= 0.3 is 0 Å².